The molecule has 0 saturated carbocycles. The van der Waals surface area contributed by atoms with Gasteiger partial charge in [-0.2, -0.15) is 10.1 Å². The van der Waals surface area contributed by atoms with Gasteiger partial charge >= 0.3 is 6.09 Å². The van der Waals surface area contributed by atoms with Crippen LogP contribution >= 0.6 is 0 Å². The fraction of sp³-hybridized carbons (Fsp3) is 0.304. The summed E-state index contributed by atoms with van der Waals surface area (Å²) in [6.45, 7) is 6.15. The van der Waals surface area contributed by atoms with Crippen LogP contribution in [0.5, 0.6) is 0 Å². The third-order valence-electron chi connectivity index (χ3n) is 6.07. The zero-order valence-electron chi connectivity index (χ0n) is 19.7. The lowest BCUT2D eigenvalue weighted by atomic mass is 10.1. The molecule has 0 bridgehead atoms. The monoisotopic (exact) mass is 474 g/mol. The predicted molar refractivity (Wildman–Crippen MR) is 133 cm³/mol. The molecule has 35 heavy (non-hydrogen) atoms. The number of nitrogens with one attached hydrogen (secondary N) is 2. The summed E-state index contributed by atoms with van der Waals surface area (Å²) in [4.78, 5) is 23.5. The van der Waals surface area contributed by atoms with Crippen LogP contribution in [-0.4, -0.2) is 72.2 Å². The van der Waals surface area contributed by atoms with Crippen molar-refractivity contribution in [2.75, 3.05) is 41.7 Å². The normalized spacial score (nSPS) is 13.8. The van der Waals surface area contributed by atoms with Crippen molar-refractivity contribution in [3.05, 3.63) is 47.7 Å². The number of carboxylic acid groups (broad SMARTS) is 1. The molecule has 3 aromatic heterocycles. The van der Waals surface area contributed by atoms with E-state index in [1.807, 2.05) is 24.1 Å². The van der Waals surface area contributed by atoms with E-state index in [0.29, 0.717) is 55.2 Å². The molecule has 180 valence electrons. The lowest BCUT2D eigenvalue weighted by Gasteiger charge is -2.33. The van der Waals surface area contributed by atoms with Gasteiger partial charge in [-0.1, -0.05) is 18.2 Å². The number of anilines is 5. The van der Waals surface area contributed by atoms with E-state index in [9.17, 15) is 4.79 Å². The van der Waals surface area contributed by atoms with Gasteiger partial charge in [0.15, 0.2) is 23.1 Å². The van der Waals surface area contributed by atoms with Gasteiger partial charge < -0.3 is 25.5 Å². The molecule has 0 aliphatic carbocycles. The summed E-state index contributed by atoms with van der Waals surface area (Å²) in [5.41, 5.74) is 3.97. The summed E-state index contributed by atoms with van der Waals surface area (Å²) >= 11 is 0. The van der Waals surface area contributed by atoms with E-state index < -0.39 is 6.09 Å². The average molecular weight is 475 g/mol. The molecular weight excluding hydrogens is 448 g/mol. The highest BCUT2D eigenvalue weighted by molar-refractivity contribution is 5.90. The quantitative estimate of drug-likeness (QED) is 0.396. The van der Waals surface area contributed by atoms with Gasteiger partial charge in [-0.3, -0.25) is 0 Å². The number of para-hydroxylation sites is 1. The van der Waals surface area contributed by atoms with Crippen molar-refractivity contribution in [3.8, 4) is 0 Å². The van der Waals surface area contributed by atoms with E-state index >= 15 is 0 Å². The number of aromatic nitrogens is 6. The maximum absolute atomic E-state index is 11.1. The highest BCUT2D eigenvalue weighted by Crippen LogP contribution is 2.28. The molecule has 1 aliphatic rings. The molecule has 0 spiro atoms. The molecule has 4 heterocycles. The van der Waals surface area contributed by atoms with E-state index in [2.05, 4.69) is 61.9 Å². The lowest BCUT2D eigenvalue weighted by Crippen LogP contribution is -2.48. The summed E-state index contributed by atoms with van der Waals surface area (Å²) in [5.74, 6) is 2.29. The number of benzene rings is 1. The van der Waals surface area contributed by atoms with Crippen LogP contribution in [0.2, 0.25) is 0 Å². The Labute approximate surface area is 201 Å². The summed E-state index contributed by atoms with van der Waals surface area (Å²) in [6.07, 6.45) is 0.839. The number of fused-ring (bicyclic) bond motifs is 1. The topological polar surface area (TPSA) is 137 Å². The van der Waals surface area contributed by atoms with Crippen LogP contribution in [0.25, 0.3) is 11.0 Å². The minimum Gasteiger partial charge on any atom is -0.465 e. The molecule has 12 nitrogen and oxygen atoms in total. The van der Waals surface area contributed by atoms with Crippen LogP contribution in [0.3, 0.4) is 0 Å². The molecule has 3 N–H and O–H groups in total. The molecule has 4 aromatic rings. The number of hydrogen-bond acceptors (Lipinski definition) is 9. The van der Waals surface area contributed by atoms with Crippen molar-refractivity contribution in [3.63, 3.8) is 0 Å². The second kappa shape index (κ2) is 9.05. The van der Waals surface area contributed by atoms with Crippen molar-refractivity contribution in [1.82, 2.24) is 34.8 Å². The SMILES string of the molecule is Cc1cccc(C)c1Nc1nn(C)c2nc(Nc3ccc(N4CCN(C(=O)O)CC4)nn3)ncc12. The maximum atomic E-state index is 11.1. The molecule has 1 amide bonds. The molecule has 1 fully saturated rings. The fourth-order valence-electron chi connectivity index (χ4n) is 4.12. The molecular formula is C23H26N10O2. The van der Waals surface area contributed by atoms with E-state index in [4.69, 9.17) is 5.11 Å². The van der Waals surface area contributed by atoms with Crippen LogP contribution in [0.15, 0.2) is 36.5 Å². The summed E-state index contributed by atoms with van der Waals surface area (Å²) in [6, 6.07) is 9.79. The zero-order valence-corrected chi connectivity index (χ0v) is 19.7. The zero-order chi connectivity index (χ0) is 24.5. The molecule has 0 radical (unpaired) electrons. The van der Waals surface area contributed by atoms with Crippen molar-refractivity contribution < 1.29 is 9.90 Å². The Bertz CT molecular complexity index is 1360. The Kier molecular flexibility index (Phi) is 5.77. The van der Waals surface area contributed by atoms with Crippen molar-refractivity contribution in [1.29, 1.82) is 0 Å². The van der Waals surface area contributed by atoms with Crippen LogP contribution < -0.4 is 15.5 Å². The van der Waals surface area contributed by atoms with Crippen LogP contribution in [0.1, 0.15) is 11.1 Å². The van der Waals surface area contributed by atoms with Crippen LogP contribution in [-0.2, 0) is 7.05 Å². The first-order valence-corrected chi connectivity index (χ1v) is 11.3. The summed E-state index contributed by atoms with van der Waals surface area (Å²) < 4.78 is 1.71. The van der Waals surface area contributed by atoms with Gasteiger partial charge in [0.05, 0.1) is 5.39 Å². The first kappa shape index (κ1) is 22.3. The Hall–Kier alpha value is -4.48. The smallest absolute Gasteiger partial charge is 0.407 e. The van der Waals surface area contributed by atoms with Crippen molar-refractivity contribution in [2.24, 2.45) is 7.05 Å². The third-order valence-corrected chi connectivity index (χ3v) is 6.07. The number of carbonyl (C=O) groups is 1. The number of piperazine rings is 1. The van der Waals surface area contributed by atoms with E-state index in [1.54, 1.807) is 16.9 Å². The fourth-order valence-corrected chi connectivity index (χ4v) is 4.12. The minimum atomic E-state index is -0.895. The van der Waals surface area contributed by atoms with Crippen LogP contribution in [0.4, 0.5) is 33.9 Å². The Morgan fingerprint density at radius 2 is 1.74 bits per heavy atom. The number of aryl methyl sites for hydroxylation is 3. The first-order valence-electron chi connectivity index (χ1n) is 11.3. The number of nitrogens with zero attached hydrogens (tertiary/aromatic N) is 8. The highest BCUT2D eigenvalue weighted by atomic mass is 16.4. The number of amides is 1. The first-order chi connectivity index (χ1) is 16.9. The Morgan fingerprint density at radius 3 is 2.40 bits per heavy atom. The second-order valence-electron chi connectivity index (χ2n) is 8.45. The molecule has 1 aliphatic heterocycles. The van der Waals surface area contributed by atoms with Gasteiger partial charge in [0.1, 0.15) is 0 Å². The molecule has 0 atom stereocenters. The number of rotatable bonds is 5. The van der Waals surface area contributed by atoms with Gasteiger partial charge in [-0.25, -0.2) is 14.5 Å². The maximum Gasteiger partial charge on any atom is 0.407 e. The molecule has 1 aromatic carbocycles. The van der Waals surface area contributed by atoms with Crippen LogP contribution in [0, 0.1) is 13.8 Å². The van der Waals surface area contributed by atoms with Gasteiger partial charge in [-0.15, -0.1) is 10.2 Å². The van der Waals surface area contributed by atoms with Gasteiger partial charge in [-0.05, 0) is 37.1 Å². The molecule has 5 rings (SSSR count). The minimum absolute atomic E-state index is 0.385. The van der Waals surface area contributed by atoms with E-state index in [0.717, 1.165) is 22.2 Å². The summed E-state index contributed by atoms with van der Waals surface area (Å²) in [7, 11) is 1.84. The predicted octanol–water partition coefficient (Wildman–Crippen LogP) is 3.06. The van der Waals surface area contributed by atoms with E-state index in [1.165, 1.54) is 4.90 Å². The number of hydrogen-bond donors (Lipinski definition) is 3. The lowest BCUT2D eigenvalue weighted by molar-refractivity contribution is 0.142. The second-order valence-corrected chi connectivity index (χ2v) is 8.45. The van der Waals surface area contributed by atoms with Crippen molar-refractivity contribution in [2.45, 2.75) is 13.8 Å². The Morgan fingerprint density at radius 1 is 1.00 bits per heavy atom. The molecule has 1 saturated heterocycles. The summed E-state index contributed by atoms with van der Waals surface area (Å²) in [5, 5.41) is 29.5. The highest BCUT2D eigenvalue weighted by Gasteiger charge is 2.21. The average Bonchev–Trinajstić information content (AvgIpc) is 3.16. The van der Waals surface area contributed by atoms with Gasteiger partial charge in [0, 0.05) is 45.1 Å². The largest absolute Gasteiger partial charge is 0.465 e. The van der Waals surface area contributed by atoms with Crippen molar-refractivity contribution >= 4 is 46.2 Å². The van der Waals surface area contributed by atoms with Gasteiger partial charge in [0.25, 0.3) is 0 Å². The standard InChI is InChI=1S/C23H26N10O2/c1-14-5-4-6-15(2)19(14)26-20-16-13-24-22(27-21(16)31(3)30-20)25-17-7-8-18(29-28-17)32-9-11-33(12-10-32)23(34)35/h4-8,13H,9-12H2,1-3H3,(H,26,30)(H,34,35)(H,24,25,27,28). The molecule has 0 unspecified atom stereocenters. The van der Waals surface area contributed by atoms with Gasteiger partial charge in [0.2, 0.25) is 5.95 Å². The van der Waals surface area contributed by atoms with E-state index in [-0.39, 0.29) is 0 Å². The Balaban J connectivity index is 1.30. The third kappa shape index (κ3) is 4.50. The molecule has 12 heteroatoms.